The molecular weight excluding hydrogens is 346 g/mol. The number of nitrogens with zero attached hydrogens (tertiary/aromatic N) is 2. The van der Waals surface area contributed by atoms with E-state index in [1.807, 2.05) is 32.6 Å². The first-order valence-electron chi connectivity index (χ1n) is 9.75. The third-order valence-corrected chi connectivity index (χ3v) is 6.73. The molecule has 1 aromatic heterocycles. The molecule has 26 heavy (non-hydrogen) atoms. The lowest BCUT2D eigenvalue weighted by molar-refractivity contribution is -0.143. The van der Waals surface area contributed by atoms with Crippen molar-refractivity contribution in [1.29, 1.82) is 0 Å². The molecule has 1 atom stereocenters. The summed E-state index contributed by atoms with van der Waals surface area (Å²) in [5.41, 5.74) is 0.320. The molecule has 2 heterocycles. The predicted molar refractivity (Wildman–Crippen MR) is 104 cm³/mol. The minimum atomic E-state index is -0.399. The summed E-state index contributed by atoms with van der Waals surface area (Å²) in [5.74, 6) is 0.112. The Morgan fingerprint density at radius 2 is 1.96 bits per heavy atom. The smallest absolute Gasteiger partial charge is 0.227 e. The molecule has 1 aliphatic carbocycles. The van der Waals surface area contributed by atoms with Crippen molar-refractivity contribution in [2.24, 2.45) is 11.3 Å². The van der Waals surface area contributed by atoms with Crippen molar-refractivity contribution in [2.75, 3.05) is 13.1 Å². The van der Waals surface area contributed by atoms with Gasteiger partial charge in [-0.05, 0) is 32.6 Å². The zero-order chi connectivity index (χ0) is 18.9. The van der Waals surface area contributed by atoms with Crippen LogP contribution in [0, 0.1) is 18.3 Å². The van der Waals surface area contributed by atoms with E-state index in [0.29, 0.717) is 6.54 Å². The van der Waals surface area contributed by atoms with Gasteiger partial charge in [0.25, 0.3) is 0 Å². The molecule has 1 saturated carbocycles. The van der Waals surface area contributed by atoms with Gasteiger partial charge in [0.05, 0.1) is 11.5 Å². The van der Waals surface area contributed by atoms with E-state index >= 15 is 0 Å². The van der Waals surface area contributed by atoms with Gasteiger partial charge in [0.1, 0.15) is 5.01 Å². The van der Waals surface area contributed by atoms with Crippen molar-refractivity contribution in [2.45, 2.75) is 71.8 Å². The van der Waals surface area contributed by atoms with Crippen LogP contribution < -0.4 is 5.32 Å². The number of thiazole rings is 1. The van der Waals surface area contributed by atoms with Gasteiger partial charge in [0.2, 0.25) is 11.8 Å². The Bertz CT molecular complexity index is 671. The zero-order valence-electron chi connectivity index (χ0n) is 16.4. The van der Waals surface area contributed by atoms with Gasteiger partial charge < -0.3 is 10.2 Å². The molecule has 3 rings (SSSR count). The highest BCUT2D eigenvalue weighted by molar-refractivity contribution is 7.09. The van der Waals surface area contributed by atoms with Crippen molar-refractivity contribution < 1.29 is 9.59 Å². The van der Waals surface area contributed by atoms with Crippen LogP contribution in [-0.2, 0) is 15.1 Å². The van der Waals surface area contributed by atoms with Crippen LogP contribution in [0.4, 0.5) is 0 Å². The molecular formula is C20H31N3O2S. The predicted octanol–water partition coefficient (Wildman–Crippen LogP) is 3.62. The Balaban J connectivity index is 1.71. The van der Waals surface area contributed by atoms with E-state index in [-0.39, 0.29) is 23.3 Å². The number of aromatic nitrogens is 1. The van der Waals surface area contributed by atoms with Crippen LogP contribution in [0.3, 0.4) is 0 Å². The standard InChI is InChI=1S/C20H31N3O2S/c1-14-13-26-17(21-14)20(9-5-6-10-20)22-16(24)15-8-7-11-23(12-15)18(25)19(2,3)4/h13,15H,5-12H2,1-4H3,(H,22,24). The summed E-state index contributed by atoms with van der Waals surface area (Å²) in [6, 6.07) is 0. The number of amides is 2. The molecule has 0 radical (unpaired) electrons. The summed E-state index contributed by atoms with van der Waals surface area (Å²) < 4.78 is 0. The Labute approximate surface area is 160 Å². The van der Waals surface area contributed by atoms with Gasteiger partial charge in [-0.2, -0.15) is 0 Å². The van der Waals surface area contributed by atoms with E-state index < -0.39 is 5.41 Å². The number of hydrogen-bond acceptors (Lipinski definition) is 4. The number of nitrogens with one attached hydrogen (secondary N) is 1. The molecule has 5 nitrogen and oxygen atoms in total. The molecule has 1 aromatic rings. The summed E-state index contributed by atoms with van der Waals surface area (Å²) in [4.78, 5) is 32.2. The molecule has 0 aromatic carbocycles. The van der Waals surface area contributed by atoms with Gasteiger partial charge in [-0.15, -0.1) is 11.3 Å². The Morgan fingerprint density at radius 3 is 2.54 bits per heavy atom. The molecule has 0 spiro atoms. The highest BCUT2D eigenvalue weighted by Gasteiger charge is 2.42. The fourth-order valence-corrected chi connectivity index (χ4v) is 5.14. The minimum absolute atomic E-state index is 0.0890. The van der Waals surface area contributed by atoms with Crippen LogP contribution in [0.1, 0.15) is 70.0 Å². The largest absolute Gasteiger partial charge is 0.344 e. The van der Waals surface area contributed by atoms with Crippen molar-refractivity contribution in [3.8, 4) is 0 Å². The van der Waals surface area contributed by atoms with E-state index in [9.17, 15) is 9.59 Å². The molecule has 6 heteroatoms. The topological polar surface area (TPSA) is 62.3 Å². The Kier molecular flexibility index (Phi) is 5.42. The molecule has 1 saturated heterocycles. The van der Waals surface area contributed by atoms with Crippen LogP contribution in [0.15, 0.2) is 5.38 Å². The Morgan fingerprint density at radius 1 is 1.27 bits per heavy atom. The maximum Gasteiger partial charge on any atom is 0.227 e. The fourth-order valence-electron chi connectivity index (χ4n) is 4.13. The van der Waals surface area contributed by atoms with Crippen molar-refractivity contribution in [3.63, 3.8) is 0 Å². The van der Waals surface area contributed by atoms with Crippen LogP contribution in [0.25, 0.3) is 0 Å². The van der Waals surface area contributed by atoms with Gasteiger partial charge in [0.15, 0.2) is 0 Å². The van der Waals surface area contributed by atoms with E-state index in [4.69, 9.17) is 0 Å². The van der Waals surface area contributed by atoms with Gasteiger partial charge in [-0.3, -0.25) is 9.59 Å². The van der Waals surface area contributed by atoms with Crippen molar-refractivity contribution >= 4 is 23.2 Å². The third kappa shape index (κ3) is 3.95. The summed E-state index contributed by atoms with van der Waals surface area (Å²) in [6.07, 6.45) is 5.92. The molecule has 2 aliphatic rings. The average Bonchev–Trinajstić information content (AvgIpc) is 3.23. The second kappa shape index (κ2) is 7.29. The number of rotatable bonds is 3. The molecule has 1 aliphatic heterocycles. The highest BCUT2D eigenvalue weighted by Crippen LogP contribution is 2.40. The summed E-state index contributed by atoms with van der Waals surface area (Å²) in [5, 5.41) is 6.46. The van der Waals surface area contributed by atoms with Crippen LogP contribution in [0.2, 0.25) is 0 Å². The van der Waals surface area contributed by atoms with E-state index in [1.54, 1.807) is 11.3 Å². The summed E-state index contributed by atoms with van der Waals surface area (Å²) in [6.45, 7) is 9.12. The van der Waals surface area contributed by atoms with Crippen LogP contribution in [0.5, 0.6) is 0 Å². The van der Waals surface area contributed by atoms with Crippen LogP contribution >= 0.6 is 11.3 Å². The lowest BCUT2D eigenvalue weighted by Gasteiger charge is -2.37. The van der Waals surface area contributed by atoms with Crippen molar-refractivity contribution in [3.05, 3.63) is 16.1 Å². The fraction of sp³-hybridized carbons (Fsp3) is 0.750. The first-order chi connectivity index (χ1) is 12.2. The molecule has 144 valence electrons. The second-order valence-electron chi connectivity index (χ2n) is 8.91. The number of carbonyl (C=O) groups excluding carboxylic acids is 2. The van der Waals surface area contributed by atoms with Gasteiger partial charge in [-0.25, -0.2) is 4.98 Å². The van der Waals surface area contributed by atoms with E-state index in [0.717, 1.165) is 55.8 Å². The van der Waals surface area contributed by atoms with Gasteiger partial charge in [-0.1, -0.05) is 33.6 Å². The Hall–Kier alpha value is -1.43. The van der Waals surface area contributed by atoms with Crippen molar-refractivity contribution in [1.82, 2.24) is 15.2 Å². The summed E-state index contributed by atoms with van der Waals surface area (Å²) in [7, 11) is 0. The van der Waals surface area contributed by atoms with Gasteiger partial charge >= 0.3 is 0 Å². The lowest BCUT2D eigenvalue weighted by atomic mass is 9.90. The third-order valence-electron chi connectivity index (χ3n) is 5.57. The molecule has 2 fully saturated rings. The molecule has 0 bridgehead atoms. The maximum atomic E-state index is 13.1. The quantitative estimate of drug-likeness (QED) is 0.875. The van der Waals surface area contributed by atoms with Gasteiger partial charge in [0, 0.05) is 29.6 Å². The zero-order valence-corrected chi connectivity index (χ0v) is 17.2. The van der Waals surface area contributed by atoms with E-state index in [2.05, 4.69) is 15.7 Å². The maximum absolute atomic E-state index is 13.1. The molecule has 1 unspecified atom stereocenters. The number of piperidine rings is 1. The number of hydrogen-bond donors (Lipinski definition) is 1. The first kappa shape index (κ1) is 19.3. The average molecular weight is 378 g/mol. The first-order valence-corrected chi connectivity index (χ1v) is 10.6. The lowest BCUT2D eigenvalue weighted by Crippen LogP contribution is -2.52. The second-order valence-corrected chi connectivity index (χ2v) is 9.77. The minimum Gasteiger partial charge on any atom is -0.344 e. The van der Waals surface area contributed by atoms with E-state index in [1.165, 1.54) is 0 Å². The normalized spacial score (nSPS) is 23.1. The monoisotopic (exact) mass is 377 g/mol. The molecule has 2 amide bonds. The highest BCUT2D eigenvalue weighted by atomic mass is 32.1. The summed E-state index contributed by atoms with van der Waals surface area (Å²) >= 11 is 1.65. The molecule has 1 N–H and O–H groups in total. The number of aryl methyl sites for hydroxylation is 1. The number of carbonyl (C=O) groups is 2. The van der Waals surface area contributed by atoms with Crippen LogP contribution in [-0.4, -0.2) is 34.8 Å². The number of likely N-dealkylation sites (tertiary alicyclic amines) is 1. The SMILES string of the molecule is Cc1csc(C2(NC(=O)C3CCCN(C(=O)C(C)(C)C)C3)CCCC2)n1.